The third-order valence-corrected chi connectivity index (χ3v) is 7.39. The number of carbonyl (C=O) groups excluding carboxylic acids is 2. The molecule has 0 bridgehead atoms. The van der Waals surface area contributed by atoms with Gasteiger partial charge in [0, 0.05) is 25.2 Å². The summed E-state index contributed by atoms with van der Waals surface area (Å²) in [4.78, 5) is 42.3. The van der Waals surface area contributed by atoms with Crippen LogP contribution in [0.5, 0.6) is 0 Å². The van der Waals surface area contributed by atoms with E-state index in [1.165, 1.54) is 5.56 Å². The molecular weight excluding hydrogens is 452 g/mol. The van der Waals surface area contributed by atoms with Crippen molar-refractivity contribution in [3.05, 3.63) is 70.8 Å². The summed E-state index contributed by atoms with van der Waals surface area (Å²) in [5.41, 5.74) is 4.01. The predicted octanol–water partition coefficient (Wildman–Crippen LogP) is 4.05. The molecule has 0 aromatic heterocycles. The van der Waals surface area contributed by atoms with Crippen LogP contribution in [0.2, 0.25) is 0 Å². The number of fused-ring (bicyclic) bond motifs is 2. The highest BCUT2D eigenvalue weighted by Gasteiger charge is 2.42. The van der Waals surface area contributed by atoms with E-state index in [9.17, 15) is 19.5 Å². The Labute approximate surface area is 205 Å². The second kappa shape index (κ2) is 10.6. The second-order valence-corrected chi connectivity index (χ2v) is 9.17. The van der Waals surface area contributed by atoms with Crippen LogP contribution in [-0.2, 0) is 22.6 Å². The van der Waals surface area contributed by atoms with Gasteiger partial charge < -0.3 is 19.5 Å². The van der Waals surface area contributed by atoms with Gasteiger partial charge in [-0.25, -0.2) is 0 Å². The summed E-state index contributed by atoms with van der Waals surface area (Å²) >= 11 is 2.53. The third-order valence-electron chi connectivity index (χ3n) is 7.39. The van der Waals surface area contributed by atoms with E-state index >= 15 is 0 Å². The van der Waals surface area contributed by atoms with Crippen molar-refractivity contribution >= 4 is 30.7 Å². The summed E-state index contributed by atoms with van der Waals surface area (Å²) in [5, 5.41) is 9.72. The lowest BCUT2D eigenvalue weighted by Gasteiger charge is -2.42. The Balaban J connectivity index is 0.00000133. The Hall–Kier alpha value is -2.84. The van der Waals surface area contributed by atoms with Crippen LogP contribution >= 0.6 is 12.9 Å². The average molecular weight is 483 g/mol. The molecule has 1 fully saturated rings. The molecule has 3 aliphatic rings. The zero-order chi connectivity index (χ0) is 24.2. The molecule has 2 N–H and O–H groups in total. The molecule has 2 aromatic rings. The topological polar surface area (TPSA) is 98.2 Å². The summed E-state index contributed by atoms with van der Waals surface area (Å²) in [6, 6.07) is 15.5. The minimum absolute atomic E-state index is 0.00266. The number of aliphatic carboxylic acids is 1. The molecule has 34 heavy (non-hydrogen) atoms. The van der Waals surface area contributed by atoms with E-state index in [0.717, 1.165) is 36.0 Å². The molecule has 8 heteroatoms. The smallest absolute Gasteiger partial charge is 0.307 e. The number of carboxylic acids is 1. The first-order chi connectivity index (χ1) is 16.5. The molecule has 3 unspecified atom stereocenters. The fourth-order valence-corrected chi connectivity index (χ4v) is 5.72. The van der Waals surface area contributed by atoms with Crippen molar-refractivity contribution in [2.75, 3.05) is 13.1 Å². The van der Waals surface area contributed by atoms with Crippen LogP contribution < -0.4 is 0 Å². The van der Waals surface area contributed by atoms with Crippen molar-refractivity contribution in [2.24, 2.45) is 11.8 Å². The van der Waals surface area contributed by atoms with Gasteiger partial charge in [0.1, 0.15) is 0 Å². The van der Waals surface area contributed by atoms with Gasteiger partial charge in [-0.3, -0.25) is 14.4 Å². The SMILES string of the molecule is O=C(O)C1CCCCC1C(=O)N1CCc2ccccc2C1CN1Cc2ccccc2C1=O.OS. The van der Waals surface area contributed by atoms with Crippen LogP contribution in [0.1, 0.15) is 58.8 Å². The number of nitrogens with zero attached hydrogens (tertiary/aromatic N) is 2. The molecule has 3 atom stereocenters. The number of carbonyl (C=O) groups is 3. The number of carboxylic acid groups (broad SMARTS) is 1. The molecule has 2 aliphatic heterocycles. The van der Waals surface area contributed by atoms with Crippen molar-refractivity contribution in [3.63, 3.8) is 0 Å². The quantitative estimate of drug-likeness (QED) is 0.451. The molecule has 2 amide bonds. The molecule has 0 radical (unpaired) electrons. The summed E-state index contributed by atoms with van der Waals surface area (Å²) < 4.78 is 6.69. The Morgan fingerprint density at radius 1 is 0.941 bits per heavy atom. The van der Waals surface area contributed by atoms with Gasteiger partial charge in [-0.05, 0) is 54.9 Å². The van der Waals surface area contributed by atoms with E-state index in [-0.39, 0.29) is 17.9 Å². The lowest BCUT2D eigenvalue weighted by molar-refractivity contribution is -0.153. The zero-order valence-corrected chi connectivity index (χ0v) is 19.9. The van der Waals surface area contributed by atoms with E-state index in [4.69, 9.17) is 4.55 Å². The van der Waals surface area contributed by atoms with Gasteiger partial charge in [0.15, 0.2) is 0 Å². The van der Waals surface area contributed by atoms with E-state index in [1.54, 1.807) is 0 Å². The van der Waals surface area contributed by atoms with Gasteiger partial charge in [-0.15, -0.1) is 0 Å². The summed E-state index contributed by atoms with van der Waals surface area (Å²) in [5.74, 6) is -2.05. The molecule has 5 rings (SSSR count). The number of thiol groups is 1. The fraction of sp³-hybridized carbons (Fsp3) is 0.423. The number of hydrogen-bond donors (Lipinski definition) is 3. The van der Waals surface area contributed by atoms with Gasteiger partial charge in [0.05, 0.1) is 17.9 Å². The Kier molecular flexibility index (Phi) is 7.58. The fourth-order valence-electron chi connectivity index (χ4n) is 5.72. The van der Waals surface area contributed by atoms with Gasteiger partial charge >= 0.3 is 5.97 Å². The third kappa shape index (κ3) is 4.57. The van der Waals surface area contributed by atoms with Crippen LogP contribution in [0, 0.1) is 11.8 Å². The molecule has 2 aromatic carbocycles. The van der Waals surface area contributed by atoms with Crippen molar-refractivity contribution in [3.8, 4) is 0 Å². The number of hydrogen-bond acceptors (Lipinski definition) is 5. The normalized spacial score (nSPS) is 23.5. The van der Waals surface area contributed by atoms with Gasteiger partial charge in [-0.2, -0.15) is 0 Å². The Bertz CT molecular complexity index is 1070. The highest BCUT2D eigenvalue weighted by atomic mass is 32.1. The first kappa shape index (κ1) is 24.3. The minimum atomic E-state index is -0.873. The number of benzene rings is 2. The van der Waals surface area contributed by atoms with Crippen LogP contribution in [0.15, 0.2) is 48.5 Å². The van der Waals surface area contributed by atoms with Crippen molar-refractivity contribution < 1.29 is 24.0 Å². The molecule has 180 valence electrons. The zero-order valence-electron chi connectivity index (χ0n) is 19.0. The second-order valence-electron chi connectivity index (χ2n) is 9.17. The average Bonchev–Trinajstić information content (AvgIpc) is 3.20. The lowest BCUT2D eigenvalue weighted by Crippen LogP contribution is -2.49. The summed E-state index contributed by atoms with van der Waals surface area (Å²) in [6.07, 6.45) is 3.66. The van der Waals surface area contributed by atoms with E-state index in [1.807, 2.05) is 52.3 Å². The van der Waals surface area contributed by atoms with Gasteiger partial charge in [0.25, 0.3) is 5.91 Å². The van der Waals surface area contributed by atoms with Crippen LogP contribution in [0.3, 0.4) is 0 Å². The first-order valence-corrected chi connectivity index (χ1v) is 12.1. The maximum Gasteiger partial charge on any atom is 0.307 e. The van der Waals surface area contributed by atoms with E-state index in [2.05, 4.69) is 19.0 Å². The maximum atomic E-state index is 13.7. The maximum absolute atomic E-state index is 13.7. The minimum Gasteiger partial charge on any atom is -0.481 e. The van der Waals surface area contributed by atoms with Gasteiger partial charge in [-0.1, -0.05) is 55.3 Å². The van der Waals surface area contributed by atoms with Crippen molar-refractivity contribution in [1.29, 1.82) is 0 Å². The molecule has 7 nitrogen and oxygen atoms in total. The van der Waals surface area contributed by atoms with Crippen molar-refractivity contribution in [1.82, 2.24) is 9.80 Å². The molecule has 2 heterocycles. The van der Waals surface area contributed by atoms with Crippen LogP contribution in [0.4, 0.5) is 0 Å². The molecular formula is C26H30N2O5S. The van der Waals surface area contributed by atoms with E-state index in [0.29, 0.717) is 32.5 Å². The lowest BCUT2D eigenvalue weighted by atomic mass is 9.77. The Morgan fingerprint density at radius 3 is 2.29 bits per heavy atom. The first-order valence-electron chi connectivity index (χ1n) is 11.7. The monoisotopic (exact) mass is 482 g/mol. The molecule has 1 saturated carbocycles. The van der Waals surface area contributed by atoms with Crippen LogP contribution in [0.25, 0.3) is 0 Å². The van der Waals surface area contributed by atoms with Crippen LogP contribution in [-0.4, -0.2) is 50.3 Å². The molecule has 0 saturated heterocycles. The predicted molar refractivity (Wildman–Crippen MR) is 130 cm³/mol. The van der Waals surface area contributed by atoms with Gasteiger partial charge in [0.2, 0.25) is 5.91 Å². The summed E-state index contributed by atoms with van der Waals surface area (Å²) in [7, 11) is 0. The standard InChI is InChI=1S/C26H28N2O4.H2OS/c29-24-20-10-4-2-8-18(20)15-27(24)16-23-19-9-3-1-7-17(19)13-14-28(23)25(30)21-11-5-6-12-22(21)26(31)32;1-2/h1-4,7-10,21-23H,5-6,11-16H2,(H,31,32);1-2H. The largest absolute Gasteiger partial charge is 0.481 e. The Morgan fingerprint density at radius 2 is 1.59 bits per heavy atom. The van der Waals surface area contributed by atoms with E-state index < -0.39 is 17.8 Å². The highest BCUT2D eigenvalue weighted by Crippen LogP contribution is 2.38. The molecule has 1 aliphatic carbocycles. The number of amides is 2. The molecule has 0 spiro atoms. The van der Waals surface area contributed by atoms with Crippen molar-refractivity contribution in [2.45, 2.75) is 44.7 Å². The summed E-state index contributed by atoms with van der Waals surface area (Å²) in [6.45, 7) is 1.51. The highest BCUT2D eigenvalue weighted by molar-refractivity contribution is 7.74. The number of rotatable bonds is 4.